The molecule has 0 radical (unpaired) electrons. The van der Waals surface area contributed by atoms with Crippen molar-refractivity contribution in [2.45, 2.75) is 50.2 Å². The second-order valence-corrected chi connectivity index (χ2v) is 8.47. The van der Waals surface area contributed by atoms with Crippen LogP contribution in [0.25, 0.3) is 0 Å². The molecule has 1 heterocycles. The van der Waals surface area contributed by atoms with Gasteiger partial charge in [-0.05, 0) is 25.0 Å². The van der Waals surface area contributed by atoms with Crippen molar-refractivity contribution in [3.63, 3.8) is 0 Å². The Hall–Kier alpha value is -0.770. The van der Waals surface area contributed by atoms with Gasteiger partial charge in [-0.3, -0.25) is 19.3 Å². The minimum absolute atomic E-state index is 0.119. The van der Waals surface area contributed by atoms with E-state index in [0.29, 0.717) is 19.8 Å². The second kappa shape index (κ2) is 15.1. The lowest BCUT2D eigenvalue weighted by atomic mass is 10.2. The van der Waals surface area contributed by atoms with Crippen molar-refractivity contribution in [1.82, 2.24) is 10.2 Å². The third kappa shape index (κ3) is 10.7. The molecule has 0 aliphatic carbocycles. The molecule has 1 fully saturated rings. The Labute approximate surface area is 171 Å². The summed E-state index contributed by atoms with van der Waals surface area (Å²) in [6.07, 6.45) is 4.57. The highest BCUT2D eigenvalue weighted by Crippen LogP contribution is 2.27. The summed E-state index contributed by atoms with van der Waals surface area (Å²) in [7, 11) is -0.670. The first-order chi connectivity index (χ1) is 13.5. The van der Waals surface area contributed by atoms with Crippen molar-refractivity contribution < 1.29 is 33.4 Å². The van der Waals surface area contributed by atoms with Gasteiger partial charge in [0.2, 0.25) is 17.7 Å². The zero-order chi connectivity index (χ0) is 20.8. The largest absolute Gasteiger partial charge is 0.385 e. The van der Waals surface area contributed by atoms with E-state index >= 15 is 0 Å². The second-order valence-electron chi connectivity index (χ2n) is 6.39. The molecule has 162 valence electrons. The van der Waals surface area contributed by atoms with Crippen molar-refractivity contribution in [3.8, 4) is 0 Å². The van der Waals surface area contributed by atoms with Crippen LogP contribution in [-0.2, 0) is 23.6 Å². The number of carbonyl (C=O) groups is 3. The van der Waals surface area contributed by atoms with Crippen LogP contribution in [0.5, 0.6) is 0 Å². The van der Waals surface area contributed by atoms with Crippen LogP contribution in [0.3, 0.4) is 0 Å². The van der Waals surface area contributed by atoms with E-state index in [1.54, 1.807) is 7.11 Å². The summed E-state index contributed by atoms with van der Waals surface area (Å²) in [5, 5.41) is 2.39. The molecule has 0 aromatic heterocycles. The molecule has 9 nitrogen and oxygen atoms in total. The molecule has 1 unspecified atom stereocenters. The lowest BCUT2D eigenvalue weighted by molar-refractivity contribution is -0.138. The van der Waals surface area contributed by atoms with Gasteiger partial charge in [0, 0.05) is 39.6 Å². The normalized spacial score (nSPS) is 17.0. The Bertz CT molecular complexity index is 496. The molecular weight excluding hydrogens is 407 g/mol. The van der Waals surface area contributed by atoms with E-state index in [4.69, 9.17) is 14.5 Å². The van der Waals surface area contributed by atoms with E-state index in [1.807, 2.05) is 0 Å². The van der Waals surface area contributed by atoms with Crippen LogP contribution in [-0.4, -0.2) is 76.8 Å². The molecule has 11 heteroatoms. The molecule has 0 aromatic rings. The molecule has 1 aliphatic rings. The minimum Gasteiger partial charge on any atom is -0.385 e. The van der Waals surface area contributed by atoms with Gasteiger partial charge in [0.05, 0.1) is 11.9 Å². The van der Waals surface area contributed by atoms with Gasteiger partial charge in [0.25, 0.3) is 0 Å². The number of methoxy groups -OCH3 is 1. The average Bonchev–Trinajstić information content (AvgIpc) is 2.92. The number of unbranched alkanes of at least 4 members (excludes halogenated alkanes) is 3. The third-order valence-corrected chi connectivity index (χ3v) is 5.89. The fraction of sp³-hybridized carbons (Fsp3) is 0.824. The first kappa shape index (κ1) is 25.3. The van der Waals surface area contributed by atoms with Crippen LogP contribution in [0, 0.1) is 0 Å². The Morgan fingerprint density at radius 2 is 1.96 bits per heavy atom. The highest BCUT2D eigenvalue weighted by molar-refractivity contribution is 8.00. The summed E-state index contributed by atoms with van der Waals surface area (Å²) in [6, 6.07) is 0. The van der Waals surface area contributed by atoms with Crippen molar-refractivity contribution in [1.29, 1.82) is 0 Å². The molecule has 1 saturated heterocycles. The van der Waals surface area contributed by atoms with Gasteiger partial charge >= 0.3 is 8.60 Å². The van der Waals surface area contributed by atoms with Gasteiger partial charge in [-0.25, -0.2) is 0 Å². The van der Waals surface area contributed by atoms with Gasteiger partial charge in [-0.1, -0.05) is 12.8 Å². The lowest BCUT2D eigenvalue weighted by Crippen LogP contribution is -2.35. The topological polar surface area (TPSA) is 125 Å². The molecular formula is C17H31N2O7PS. The summed E-state index contributed by atoms with van der Waals surface area (Å²) in [5.74, 6) is 0.198. The SMILES string of the molecule is COCCCNC(=O)CCN1C(=O)CC(SCCCCCCOP(O)O)C1=O. The van der Waals surface area contributed by atoms with Crippen molar-refractivity contribution in [2.75, 3.05) is 39.2 Å². The maximum absolute atomic E-state index is 12.4. The van der Waals surface area contributed by atoms with Gasteiger partial charge in [-0.2, -0.15) is 0 Å². The minimum atomic E-state index is -2.27. The summed E-state index contributed by atoms with van der Waals surface area (Å²) >= 11 is 1.49. The van der Waals surface area contributed by atoms with Crippen molar-refractivity contribution in [3.05, 3.63) is 0 Å². The fourth-order valence-electron chi connectivity index (χ4n) is 2.69. The monoisotopic (exact) mass is 438 g/mol. The molecule has 0 saturated carbocycles. The highest BCUT2D eigenvalue weighted by atomic mass is 32.2. The summed E-state index contributed by atoms with van der Waals surface area (Å²) in [6.45, 7) is 1.54. The summed E-state index contributed by atoms with van der Waals surface area (Å²) < 4.78 is 9.59. The number of carbonyl (C=O) groups excluding carboxylic acids is 3. The number of rotatable bonds is 16. The van der Waals surface area contributed by atoms with Gasteiger partial charge in [-0.15, -0.1) is 11.8 Å². The number of nitrogens with zero attached hydrogens (tertiary/aromatic N) is 1. The third-order valence-electron chi connectivity index (χ3n) is 4.18. The molecule has 28 heavy (non-hydrogen) atoms. The van der Waals surface area contributed by atoms with Crippen LogP contribution in [0.15, 0.2) is 0 Å². The van der Waals surface area contributed by atoms with Gasteiger partial charge < -0.3 is 24.4 Å². The Kier molecular flexibility index (Phi) is 13.6. The number of hydrogen-bond acceptors (Lipinski definition) is 8. The summed E-state index contributed by atoms with van der Waals surface area (Å²) in [4.78, 5) is 54.6. The van der Waals surface area contributed by atoms with Gasteiger partial charge in [0.15, 0.2) is 0 Å². The Morgan fingerprint density at radius 1 is 1.21 bits per heavy atom. The van der Waals surface area contributed by atoms with Crippen LogP contribution < -0.4 is 5.32 Å². The highest BCUT2D eigenvalue weighted by Gasteiger charge is 2.38. The summed E-state index contributed by atoms with van der Waals surface area (Å²) in [5.41, 5.74) is 0. The van der Waals surface area contributed by atoms with E-state index in [0.717, 1.165) is 37.9 Å². The maximum atomic E-state index is 12.4. The molecule has 1 rings (SSSR count). The molecule has 3 N–H and O–H groups in total. The van der Waals surface area contributed by atoms with E-state index in [-0.39, 0.29) is 42.4 Å². The van der Waals surface area contributed by atoms with E-state index in [2.05, 4.69) is 9.84 Å². The predicted octanol–water partition coefficient (Wildman–Crippen LogP) is 1.18. The van der Waals surface area contributed by atoms with Crippen LogP contribution in [0.1, 0.15) is 44.9 Å². The number of thioether (sulfide) groups is 1. The van der Waals surface area contributed by atoms with Crippen LogP contribution in [0.4, 0.5) is 0 Å². The zero-order valence-corrected chi connectivity index (χ0v) is 18.0. The van der Waals surface area contributed by atoms with E-state index in [1.165, 1.54) is 16.7 Å². The lowest BCUT2D eigenvalue weighted by Gasteiger charge is -2.14. The van der Waals surface area contributed by atoms with Crippen molar-refractivity contribution in [2.24, 2.45) is 0 Å². The first-order valence-electron chi connectivity index (χ1n) is 9.48. The first-order valence-corrected chi connectivity index (χ1v) is 11.7. The number of nitrogens with one attached hydrogen (secondary N) is 1. The fourth-order valence-corrected chi connectivity index (χ4v) is 4.17. The zero-order valence-electron chi connectivity index (χ0n) is 16.3. The van der Waals surface area contributed by atoms with Gasteiger partial charge in [0.1, 0.15) is 0 Å². The molecule has 0 spiro atoms. The molecule has 0 aromatic carbocycles. The standard InChI is InChI=1S/C17H31N2O7PS/c1-25-10-6-8-18-15(20)7-9-19-16(21)13-14(17(19)22)28-12-5-3-2-4-11-26-27(23)24/h14,23-24H,2-13H2,1H3,(H,18,20). The number of imide groups is 1. The van der Waals surface area contributed by atoms with E-state index in [9.17, 15) is 14.4 Å². The number of ether oxygens (including phenoxy) is 1. The van der Waals surface area contributed by atoms with Crippen LogP contribution in [0.2, 0.25) is 0 Å². The smallest absolute Gasteiger partial charge is 0.327 e. The van der Waals surface area contributed by atoms with E-state index < -0.39 is 8.60 Å². The van der Waals surface area contributed by atoms with Crippen LogP contribution >= 0.6 is 20.4 Å². The Morgan fingerprint density at radius 3 is 2.68 bits per heavy atom. The number of amides is 3. The predicted molar refractivity (Wildman–Crippen MR) is 107 cm³/mol. The molecule has 3 amide bonds. The maximum Gasteiger partial charge on any atom is 0.327 e. The van der Waals surface area contributed by atoms with Crippen molar-refractivity contribution >= 4 is 38.1 Å². The average molecular weight is 438 g/mol. The number of likely N-dealkylation sites (tertiary alicyclic amines) is 1. The molecule has 0 bridgehead atoms. The molecule has 1 aliphatic heterocycles. The number of hydrogen-bond donors (Lipinski definition) is 3. The Balaban J connectivity index is 2.14. The molecule has 1 atom stereocenters. The quantitative estimate of drug-likeness (QED) is 0.186.